The largest absolute Gasteiger partial charge is 0.379 e. The maximum Gasteiger partial charge on any atom is 0.339 e. The summed E-state index contributed by atoms with van der Waals surface area (Å²) in [5.41, 5.74) is 0.356. The van der Waals surface area contributed by atoms with E-state index >= 15 is 0 Å². The van der Waals surface area contributed by atoms with E-state index in [2.05, 4.69) is 4.90 Å². The maximum absolute atomic E-state index is 13.6. The Kier molecular flexibility index (Phi) is 8.96. The lowest BCUT2D eigenvalue weighted by atomic mass is 9.85. The van der Waals surface area contributed by atoms with Gasteiger partial charge >= 0.3 is 10.1 Å². The Morgan fingerprint density at radius 1 is 0.872 bits per heavy atom. The summed E-state index contributed by atoms with van der Waals surface area (Å²) in [6, 6.07) is 8.41. The summed E-state index contributed by atoms with van der Waals surface area (Å²) < 4.78 is 69.5. The summed E-state index contributed by atoms with van der Waals surface area (Å²) >= 11 is 0. The molecule has 0 spiro atoms. The minimum Gasteiger partial charge on any atom is -0.379 e. The summed E-state index contributed by atoms with van der Waals surface area (Å²) in [4.78, 5) is 15.3. The number of ether oxygens (including phenoxy) is 2. The van der Waals surface area contributed by atoms with Crippen LogP contribution in [0.4, 0.5) is 8.78 Å². The van der Waals surface area contributed by atoms with Crippen LogP contribution in [-0.2, 0) is 19.6 Å². The molecule has 0 radical (unpaired) electrons. The predicted molar refractivity (Wildman–Crippen MR) is 140 cm³/mol. The molecule has 39 heavy (non-hydrogen) atoms. The Morgan fingerprint density at radius 3 is 2.13 bits per heavy atom. The molecule has 10 heteroatoms. The van der Waals surface area contributed by atoms with Gasteiger partial charge in [-0.25, -0.2) is 8.78 Å². The SMILES string of the molecule is O=C(c1cccc(OS(=O)(=O)c2ccc(F)c(F)c2)c1)C1CCN(C(C2CCCCO2)C2CCCCO2)CC1. The standard InChI is InChI=1S/C29H35F2NO6S/c30-24-11-10-23(19-25(24)31)39(34,35)38-22-7-5-6-21(18-22)29(33)20-12-14-32(15-13-20)28(26-8-1-3-16-36-26)27-9-2-4-17-37-27/h5-7,10-11,18-20,26-28H,1-4,8-9,12-17H2. The molecule has 7 nitrogen and oxygen atoms in total. The number of Topliss-reactive ketones (excluding diaryl/α,β-unsaturated/α-hetero) is 1. The molecule has 3 aliphatic rings. The van der Waals surface area contributed by atoms with Crippen molar-refractivity contribution >= 4 is 15.9 Å². The maximum atomic E-state index is 13.6. The van der Waals surface area contributed by atoms with Gasteiger partial charge in [-0.2, -0.15) is 8.42 Å². The Balaban J connectivity index is 1.24. The van der Waals surface area contributed by atoms with Gasteiger partial charge in [0, 0.05) is 24.7 Å². The number of carbonyl (C=O) groups is 1. The number of halogens is 2. The summed E-state index contributed by atoms with van der Waals surface area (Å²) in [6.45, 7) is 3.10. The van der Waals surface area contributed by atoms with E-state index in [-0.39, 0.29) is 35.7 Å². The number of hydrogen-bond donors (Lipinski definition) is 0. The topological polar surface area (TPSA) is 82.1 Å². The van der Waals surface area contributed by atoms with Crippen molar-refractivity contribution in [3.63, 3.8) is 0 Å². The second-order valence-corrected chi connectivity index (χ2v) is 12.2. The Bertz CT molecular complexity index is 1230. The molecule has 2 unspecified atom stereocenters. The minimum atomic E-state index is -4.41. The highest BCUT2D eigenvalue weighted by Crippen LogP contribution is 2.32. The second-order valence-electron chi connectivity index (χ2n) is 10.6. The molecule has 3 heterocycles. The summed E-state index contributed by atoms with van der Waals surface area (Å²) in [6.07, 6.45) is 8.25. The van der Waals surface area contributed by atoms with Crippen LogP contribution >= 0.6 is 0 Å². The average molecular weight is 564 g/mol. The highest BCUT2D eigenvalue weighted by molar-refractivity contribution is 7.87. The lowest BCUT2D eigenvalue weighted by Gasteiger charge is -2.46. The van der Waals surface area contributed by atoms with Gasteiger partial charge in [-0.3, -0.25) is 9.69 Å². The summed E-state index contributed by atoms with van der Waals surface area (Å²) in [7, 11) is -4.41. The third-order valence-electron chi connectivity index (χ3n) is 8.02. The van der Waals surface area contributed by atoms with Crippen LogP contribution in [0.2, 0.25) is 0 Å². The van der Waals surface area contributed by atoms with E-state index in [4.69, 9.17) is 13.7 Å². The van der Waals surface area contributed by atoms with Crippen molar-refractivity contribution < 1.29 is 35.6 Å². The molecule has 3 fully saturated rings. The number of nitrogens with zero attached hydrogens (tertiary/aromatic N) is 1. The van der Waals surface area contributed by atoms with Gasteiger partial charge in [0.1, 0.15) is 10.6 Å². The lowest BCUT2D eigenvalue weighted by molar-refractivity contribution is -0.117. The highest BCUT2D eigenvalue weighted by atomic mass is 32.2. The zero-order chi connectivity index (χ0) is 27.4. The van der Waals surface area contributed by atoms with Crippen molar-refractivity contribution in [3.8, 4) is 5.75 Å². The van der Waals surface area contributed by atoms with E-state index < -0.39 is 26.6 Å². The number of carbonyl (C=O) groups excluding carboxylic acids is 1. The molecule has 5 rings (SSSR count). The van der Waals surface area contributed by atoms with E-state index in [1.807, 2.05) is 0 Å². The molecule has 3 saturated heterocycles. The van der Waals surface area contributed by atoms with Crippen LogP contribution < -0.4 is 4.18 Å². The first-order chi connectivity index (χ1) is 18.8. The fourth-order valence-corrected chi connectivity index (χ4v) is 6.92. The third-order valence-corrected chi connectivity index (χ3v) is 9.26. The number of ketones is 1. The summed E-state index contributed by atoms with van der Waals surface area (Å²) in [5.74, 6) is -2.77. The van der Waals surface area contributed by atoms with Gasteiger partial charge in [0.25, 0.3) is 0 Å². The van der Waals surface area contributed by atoms with Crippen LogP contribution in [0.25, 0.3) is 0 Å². The Morgan fingerprint density at radius 2 is 1.54 bits per heavy atom. The molecular formula is C29H35F2NO6S. The van der Waals surface area contributed by atoms with E-state index in [1.54, 1.807) is 12.1 Å². The number of piperidine rings is 1. The fourth-order valence-electron chi connectivity index (χ4n) is 5.98. The Labute approximate surface area is 228 Å². The van der Waals surface area contributed by atoms with Crippen LogP contribution in [0.15, 0.2) is 47.4 Å². The van der Waals surface area contributed by atoms with E-state index in [0.29, 0.717) is 24.5 Å². The fraction of sp³-hybridized carbons (Fsp3) is 0.552. The molecule has 0 saturated carbocycles. The highest BCUT2D eigenvalue weighted by Gasteiger charge is 2.39. The van der Waals surface area contributed by atoms with E-state index in [1.165, 1.54) is 12.1 Å². The average Bonchev–Trinajstić information content (AvgIpc) is 2.96. The van der Waals surface area contributed by atoms with Gasteiger partial charge < -0.3 is 13.7 Å². The zero-order valence-corrected chi connectivity index (χ0v) is 22.7. The van der Waals surface area contributed by atoms with Crippen molar-refractivity contribution in [2.75, 3.05) is 26.3 Å². The lowest BCUT2D eigenvalue weighted by Crippen LogP contribution is -2.56. The molecule has 0 amide bonds. The number of benzene rings is 2. The molecule has 0 aromatic heterocycles. The van der Waals surface area contributed by atoms with E-state index in [9.17, 15) is 22.0 Å². The molecule has 0 aliphatic carbocycles. The first-order valence-electron chi connectivity index (χ1n) is 13.8. The van der Waals surface area contributed by atoms with Crippen molar-refractivity contribution in [3.05, 3.63) is 59.7 Å². The van der Waals surface area contributed by atoms with E-state index in [0.717, 1.165) is 77.0 Å². The van der Waals surface area contributed by atoms with Crippen LogP contribution in [0.5, 0.6) is 5.75 Å². The predicted octanol–water partition coefficient (Wildman–Crippen LogP) is 5.13. The van der Waals surface area contributed by atoms with Gasteiger partial charge in [0.15, 0.2) is 17.4 Å². The Hall–Kier alpha value is -2.40. The molecule has 2 aromatic rings. The number of hydrogen-bond acceptors (Lipinski definition) is 7. The first-order valence-corrected chi connectivity index (χ1v) is 15.2. The molecule has 3 aliphatic heterocycles. The molecule has 0 bridgehead atoms. The summed E-state index contributed by atoms with van der Waals surface area (Å²) in [5, 5.41) is 0. The van der Waals surface area contributed by atoms with Gasteiger partial charge in [-0.1, -0.05) is 12.1 Å². The van der Waals surface area contributed by atoms with Gasteiger partial charge in [-0.05, 0) is 94.8 Å². The van der Waals surface area contributed by atoms with Gasteiger partial charge in [0.2, 0.25) is 0 Å². The third kappa shape index (κ3) is 6.67. The number of rotatable bonds is 8. The second kappa shape index (κ2) is 12.4. The molecule has 2 aromatic carbocycles. The van der Waals surface area contributed by atoms with Crippen molar-refractivity contribution in [1.29, 1.82) is 0 Å². The van der Waals surface area contributed by atoms with Crippen molar-refractivity contribution in [1.82, 2.24) is 4.90 Å². The smallest absolute Gasteiger partial charge is 0.339 e. The van der Waals surface area contributed by atoms with Gasteiger partial charge in [-0.15, -0.1) is 0 Å². The zero-order valence-electron chi connectivity index (χ0n) is 21.9. The normalized spacial score (nSPS) is 24.3. The van der Waals surface area contributed by atoms with Crippen molar-refractivity contribution in [2.24, 2.45) is 5.92 Å². The van der Waals surface area contributed by atoms with Crippen molar-refractivity contribution in [2.45, 2.75) is 74.5 Å². The van der Waals surface area contributed by atoms with Crippen LogP contribution in [0.3, 0.4) is 0 Å². The quantitative estimate of drug-likeness (QED) is 0.325. The molecule has 212 valence electrons. The molecular weight excluding hydrogens is 528 g/mol. The molecule has 2 atom stereocenters. The van der Waals surface area contributed by atoms with Crippen LogP contribution in [0.1, 0.15) is 61.7 Å². The minimum absolute atomic E-state index is 0.0630. The van der Waals surface area contributed by atoms with Crippen LogP contribution in [-0.4, -0.2) is 63.7 Å². The number of likely N-dealkylation sites (tertiary alicyclic amines) is 1. The first kappa shape index (κ1) is 28.1. The van der Waals surface area contributed by atoms with Crippen LogP contribution in [0, 0.1) is 17.6 Å². The monoisotopic (exact) mass is 563 g/mol. The van der Waals surface area contributed by atoms with Gasteiger partial charge in [0.05, 0.1) is 18.2 Å². The molecule has 0 N–H and O–H groups in total.